The molecule has 0 saturated heterocycles. The molecule has 0 amide bonds. The zero-order valence-electron chi connectivity index (χ0n) is 15.6. The monoisotopic (exact) mass is 374 g/mol. The number of nitrogens with zero attached hydrogens (tertiary/aromatic N) is 4. The molecule has 4 rings (SSSR count). The molecule has 2 heterocycles. The van der Waals surface area contributed by atoms with E-state index < -0.39 is 0 Å². The van der Waals surface area contributed by atoms with Crippen LogP contribution >= 0.6 is 0 Å². The molecular formula is C22H22N4O2. The van der Waals surface area contributed by atoms with Crippen molar-refractivity contribution in [1.29, 1.82) is 0 Å². The number of hydrogen-bond donors (Lipinski definition) is 0. The number of aryl methyl sites for hydroxylation is 2. The van der Waals surface area contributed by atoms with Gasteiger partial charge in [0.15, 0.2) is 0 Å². The molecule has 0 saturated carbocycles. The van der Waals surface area contributed by atoms with E-state index in [2.05, 4.69) is 14.6 Å². The van der Waals surface area contributed by atoms with E-state index in [9.17, 15) is 9.59 Å². The zero-order chi connectivity index (χ0) is 19.3. The normalized spacial score (nSPS) is 11.3. The first kappa shape index (κ1) is 18.1. The Balaban J connectivity index is 1.51. The number of hydrogen-bond acceptors (Lipinski definition) is 4. The van der Waals surface area contributed by atoms with E-state index in [1.54, 1.807) is 12.7 Å². The average molecular weight is 374 g/mol. The molecule has 2 aromatic carbocycles. The summed E-state index contributed by atoms with van der Waals surface area (Å²) in [6.07, 6.45) is 9.47. The predicted molar refractivity (Wildman–Crippen MR) is 109 cm³/mol. The van der Waals surface area contributed by atoms with E-state index >= 15 is 0 Å². The van der Waals surface area contributed by atoms with E-state index in [1.807, 2.05) is 41.1 Å². The molecular weight excluding hydrogens is 352 g/mol. The number of benzene rings is 2. The summed E-state index contributed by atoms with van der Waals surface area (Å²) in [6.45, 7) is 1.81. The Labute approximate surface area is 162 Å². The highest BCUT2D eigenvalue weighted by molar-refractivity contribution is 6.10. The van der Waals surface area contributed by atoms with Crippen molar-refractivity contribution >= 4 is 34.4 Å². The molecule has 6 nitrogen and oxygen atoms in total. The molecule has 0 fully saturated rings. The van der Waals surface area contributed by atoms with Crippen molar-refractivity contribution in [3.05, 3.63) is 60.2 Å². The molecule has 0 unspecified atom stereocenters. The van der Waals surface area contributed by atoms with Gasteiger partial charge in [-0.05, 0) is 49.2 Å². The molecule has 0 aliphatic heterocycles. The lowest BCUT2D eigenvalue weighted by atomic mass is 10.1. The predicted octanol–water partition coefficient (Wildman–Crippen LogP) is 4.27. The highest BCUT2D eigenvalue weighted by Crippen LogP contribution is 2.30. The second kappa shape index (κ2) is 8.17. The number of rotatable bonds is 9. The molecule has 0 aliphatic carbocycles. The van der Waals surface area contributed by atoms with Gasteiger partial charge in [0.1, 0.15) is 25.2 Å². The van der Waals surface area contributed by atoms with Gasteiger partial charge >= 0.3 is 0 Å². The quantitative estimate of drug-likeness (QED) is 0.324. The van der Waals surface area contributed by atoms with Crippen molar-refractivity contribution in [2.75, 3.05) is 0 Å². The third-order valence-corrected chi connectivity index (χ3v) is 5.17. The van der Waals surface area contributed by atoms with Crippen molar-refractivity contribution in [2.45, 2.75) is 38.8 Å². The lowest BCUT2D eigenvalue weighted by molar-refractivity contribution is 0.111. The summed E-state index contributed by atoms with van der Waals surface area (Å²) in [6, 6.07) is 11.5. The minimum absolute atomic E-state index is 0.649. The number of unbranched alkanes of at least 4 members (excludes halogenated alkanes) is 3. The molecule has 0 radical (unpaired) electrons. The SMILES string of the molecule is O=Cc1ccc2c(c1)c1cc(C=O)ccc1n2CCCCCCn1cncn1. The van der Waals surface area contributed by atoms with Gasteiger partial charge in [-0.15, -0.1) is 0 Å². The topological polar surface area (TPSA) is 69.8 Å². The van der Waals surface area contributed by atoms with E-state index in [4.69, 9.17) is 0 Å². The van der Waals surface area contributed by atoms with Crippen LogP contribution in [-0.2, 0) is 13.1 Å². The third-order valence-electron chi connectivity index (χ3n) is 5.17. The summed E-state index contributed by atoms with van der Waals surface area (Å²) in [4.78, 5) is 26.4. The maximum Gasteiger partial charge on any atom is 0.150 e. The lowest BCUT2D eigenvalue weighted by Gasteiger charge is -2.08. The minimum atomic E-state index is 0.649. The molecule has 28 heavy (non-hydrogen) atoms. The number of aromatic nitrogens is 4. The number of fused-ring (bicyclic) bond motifs is 3. The molecule has 0 atom stereocenters. The maximum absolute atomic E-state index is 11.2. The van der Waals surface area contributed by atoms with Crippen LogP contribution in [0.3, 0.4) is 0 Å². The van der Waals surface area contributed by atoms with Gasteiger partial charge in [-0.1, -0.05) is 12.8 Å². The Bertz CT molecular complexity index is 1050. The fourth-order valence-electron chi connectivity index (χ4n) is 3.77. The Morgan fingerprint density at radius 1 is 0.786 bits per heavy atom. The van der Waals surface area contributed by atoms with E-state index in [0.717, 1.165) is 73.2 Å². The van der Waals surface area contributed by atoms with Crippen molar-refractivity contribution in [3.63, 3.8) is 0 Å². The van der Waals surface area contributed by atoms with Crippen LogP contribution in [0.4, 0.5) is 0 Å². The van der Waals surface area contributed by atoms with Crippen molar-refractivity contribution in [3.8, 4) is 0 Å². The standard InChI is InChI=1S/C22H22N4O2/c27-13-17-5-7-21-19(11-17)20-12-18(14-28)6-8-22(20)26(21)10-4-2-1-3-9-25-16-23-15-24-25/h5-8,11-16H,1-4,9-10H2. The van der Waals surface area contributed by atoms with Gasteiger partial charge in [0.25, 0.3) is 0 Å². The summed E-state index contributed by atoms with van der Waals surface area (Å²) >= 11 is 0. The average Bonchev–Trinajstić information content (AvgIpc) is 3.36. The first-order valence-corrected chi connectivity index (χ1v) is 9.59. The van der Waals surface area contributed by atoms with Crippen molar-refractivity contribution < 1.29 is 9.59 Å². The molecule has 142 valence electrons. The fourth-order valence-corrected chi connectivity index (χ4v) is 3.77. The van der Waals surface area contributed by atoms with Crippen LogP contribution in [0.2, 0.25) is 0 Å². The molecule has 0 spiro atoms. The summed E-state index contributed by atoms with van der Waals surface area (Å²) < 4.78 is 4.16. The Kier molecular flexibility index (Phi) is 5.28. The molecule has 2 aromatic heterocycles. The molecule has 0 bridgehead atoms. The largest absolute Gasteiger partial charge is 0.340 e. The Hall–Kier alpha value is -3.28. The molecule has 6 heteroatoms. The molecule has 4 aromatic rings. The number of carbonyl (C=O) groups excluding carboxylic acids is 2. The van der Waals surface area contributed by atoms with Gasteiger partial charge < -0.3 is 4.57 Å². The van der Waals surface area contributed by atoms with Crippen LogP contribution in [0.5, 0.6) is 0 Å². The van der Waals surface area contributed by atoms with Gasteiger partial charge in [0, 0.05) is 46.0 Å². The summed E-state index contributed by atoms with van der Waals surface area (Å²) in [7, 11) is 0. The summed E-state index contributed by atoms with van der Waals surface area (Å²) in [5, 5.41) is 6.17. The van der Waals surface area contributed by atoms with Crippen LogP contribution in [0.1, 0.15) is 46.4 Å². The van der Waals surface area contributed by atoms with Crippen molar-refractivity contribution in [1.82, 2.24) is 19.3 Å². The number of carbonyl (C=O) groups is 2. The number of aldehydes is 2. The highest BCUT2D eigenvalue weighted by Gasteiger charge is 2.11. The van der Waals surface area contributed by atoms with Gasteiger partial charge in [0.05, 0.1) is 0 Å². The van der Waals surface area contributed by atoms with E-state index in [-0.39, 0.29) is 0 Å². The molecule has 0 N–H and O–H groups in total. The lowest BCUT2D eigenvalue weighted by Crippen LogP contribution is -2.00. The second-order valence-corrected chi connectivity index (χ2v) is 7.01. The second-order valence-electron chi connectivity index (χ2n) is 7.01. The van der Waals surface area contributed by atoms with Gasteiger partial charge in [-0.2, -0.15) is 5.10 Å². The fraction of sp³-hybridized carbons (Fsp3) is 0.273. The Morgan fingerprint density at radius 3 is 1.93 bits per heavy atom. The summed E-state index contributed by atoms with van der Waals surface area (Å²) in [5.41, 5.74) is 3.50. The van der Waals surface area contributed by atoms with Crippen LogP contribution in [0.15, 0.2) is 49.1 Å². The van der Waals surface area contributed by atoms with Gasteiger partial charge in [-0.3, -0.25) is 14.3 Å². The van der Waals surface area contributed by atoms with E-state index in [0.29, 0.717) is 11.1 Å². The highest BCUT2D eigenvalue weighted by atomic mass is 16.1. The van der Waals surface area contributed by atoms with Gasteiger partial charge in [0.2, 0.25) is 0 Å². The van der Waals surface area contributed by atoms with Crippen LogP contribution in [0.25, 0.3) is 21.8 Å². The summed E-state index contributed by atoms with van der Waals surface area (Å²) in [5.74, 6) is 0. The Morgan fingerprint density at radius 2 is 1.39 bits per heavy atom. The van der Waals surface area contributed by atoms with Crippen LogP contribution < -0.4 is 0 Å². The first-order chi connectivity index (χ1) is 13.8. The van der Waals surface area contributed by atoms with Gasteiger partial charge in [-0.25, -0.2) is 4.98 Å². The minimum Gasteiger partial charge on any atom is -0.340 e. The van der Waals surface area contributed by atoms with Crippen LogP contribution in [-0.4, -0.2) is 31.9 Å². The van der Waals surface area contributed by atoms with Crippen LogP contribution in [0, 0.1) is 0 Å². The third kappa shape index (κ3) is 3.58. The molecule has 0 aliphatic rings. The zero-order valence-corrected chi connectivity index (χ0v) is 15.6. The maximum atomic E-state index is 11.2. The van der Waals surface area contributed by atoms with Crippen molar-refractivity contribution in [2.24, 2.45) is 0 Å². The van der Waals surface area contributed by atoms with E-state index in [1.165, 1.54) is 0 Å². The smallest absolute Gasteiger partial charge is 0.150 e. The first-order valence-electron chi connectivity index (χ1n) is 9.59.